The number of morpholine rings is 1. The summed E-state index contributed by atoms with van der Waals surface area (Å²) in [5.41, 5.74) is 1.84. The summed E-state index contributed by atoms with van der Waals surface area (Å²) < 4.78 is 5.66. The molecule has 2 rings (SSSR count). The largest absolute Gasteiger partial charge is 0.478 e. The van der Waals surface area contributed by atoms with Crippen molar-refractivity contribution in [1.29, 1.82) is 0 Å². The average molecular weight is 264 g/mol. The van der Waals surface area contributed by atoms with Gasteiger partial charge in [0.1, 0.15) is 5.56 Å². The second-order valence-electron chi connectivity index (χ2n) is 5.01. The summed E-state index contributed by atoms with van der Waals surface area (Å²) in [5.74, 6) is -0.934. The number of aromatic carboxylic acids is 1. The Bertz CT molecular complexity index is 476. The molecule has 2 atom stereocenters. The molecule has 0 aliphatic carbocycles. The number of hydrogen-bond acceptors (Lipinski definition) is 4. The molecule has 104 valence electrons. The molecule has 1 aliphatic rings. The van der Waals surface area contributed by atoms with E-state index in [-0.39, 0.29) is 17.7 Å². The molecule has 2 heterocycles. The number of rotatable bonds is 3. The van der Waals surface area contributed by atoms with Crippen LogP contribution in [0.1, 0.15) is 36.3 Å². The third kappa shape index (κ3) is 2.87. The number of hydrogen-bond donors (Lipinski definition) is 1. The van der Waals surface area contributed by atoms with Gasteiger partial charge in [-0.25, -0.2) is 4.79 Å². The van der Waals surface area contributed by atoms with E-state index in [2.05, 4.69) is 16.8 Å². The van der Waals surface area contributed by atoms with Gasteiger partial charge < -0.3 is 14.7 Å². The molecule has 1 N–H and O–H groups in total. The van der Waals surface area contributed by atoms with E-state index in [0.29, 0.717) is 13.2 Å². The lowest BCUT2D eigenvalue weighted by Crippen LogP contribution is -2.49. The van der Waals surface area contributed by atoms with E-state index in [1.165, 1.54) is 6.20 Å². The van der Waals surface area contributed by atoms with Crippen molar-refractivity contribution in [3.05, 3.63) is 23.5 Å². The molecule has 1 fully saturated rings. The molecule has 0 bridgehead atoms. The summed E-state index contributed by atoms with van der Waals surface area (Å²) in [6.45, 7) is 7.32. The van der Waals surface area contributed by atoms with Gasteiger partial charge in [-0.15, -0.1) is 0 Å². The van der Waals surface area contributed by atoms with Gasteiger partial charge in [0, 0.05) is 18.4 Å². The molecule has 19 heavy (non-hydrogen) atoms. The summed E-state index contributed by atoms with van der Waals surface area (Å²) in [5, 5.41) is 9.31. The van der Waals surface area contributed by atoms with Gasteiger partial charge in [-0.1, -0.05) is 6.92 Å². The van der Waals surface area contributed by atoms with E-state index in [9.17, 15) is 9.90 Å². The topological polar surface area (TPSA) is 62.7 Å². The molecular weight excluding hydrogens is 244 g/mol. The zero-order valence-electron chi connectivity index (χ0n) is 11.6. The Hall–Kier alpha value is -1.62. The highest BCUT2D eigenvalue weighted by molar-refractivity contribution is 5.94. The highest BCUT2D eigenvalue weighted by Gasteiger charge is 2.28. The number of anilines is 1. The Labute approximate surface area is 113 Å². The molecule has 5 nitrogen and oxygen atoms in total. The Morgan fingerprint density at radius 1 is 1.63 bits per heavy atom. The summed E-state index contributed by atoms with van der Waals surface area (Å²) in [6, 6.07) is 2.07. The number of carboxylic acid groups (broad SMARTS) is 1. The fourth-order valence-corrected chi connectivity index (χ4v) is 2.43. The SMILES string of the molecule is CCC1COC(C)CN1c1cc(C)ncc1C(=O)O. The quantitative estimate of drug-likeness (QED) is 0.905. The zero-order chi connectivity index (χ0) is 14.0. The third-order valence-corrected chi connectivity index (χ3v) is 3.50. The lowest BCUT2D eigenvalue weighted by Gasteiger charge is -2.40. The van der Waals surface area contributed by atoms with E-state index in [1.807, 2.05) is 19.9 Å². The number of ether oxygens (including phenoxy) is 1. The summed E-state index contributed by atoms with van der Waals surface area (Å²) in [4.78, 5) is 17.6. The van der Waals surface area contributed by atoms with E-state index >= 15 is 0 Å². The van der Waals surface area contributed by atoms with Crippen LogP contribution in [0, 0.1) is 6.92 Å². The van der Waals surface area contributed by atoms with Gasteiger partial charge >= 0.3 is 5.97 Å². The van der Waals surface area contributed by atoms with Crippen molar-refractivity contribution < 1.29 is 14.6 Å². The maximum Gasteiger partial charge on any atom is 0.339 e. The van der Waals surface area contributed by atoms with Crippen LogP contribution in [-0.4, -0.2) is 41.4 Å². The van der Waals surface area contributed by atoms with Crippen LogP contribution in [0.15, 0.2) is 12.3 Å². The number of nitrogens with zero attached hydrogens (tertiary/aromatic N) is 2. The average Bonchev–Trinajstić information content (AvgIpc) is 2.38. The predicted molar refractivity (Wildman–Crippen MR) is 72.8 cm³/mol. The van der Waals surface area contributed by atoms with Crippen LogP contribution in [0.4, 0.5) is 5.69 Å². The zero-order valence-corrected chi connectivity index (χ0v) is 11.6. The van der Waals surface area contributed by atoms with Crippen molar-refractivity contribution >= 4 is 11.7 Å². The van der Waals surface area contributed by atoms with Crippen molar-refractivity contribution in [3.63, 3.8) is 0 Å². The molecular formula is C14H20N2O3. The Morgan fingerprint density at radius 2 is 2.37 bits per heavy atom. The predicted octanol–water partition coefficient (Wildman–Crippen LogP) is 2.09. The van der Waals surface area contributed by atoms with Gasteiger partial charge in [0.2, 0.25) is 0 Å². The van der Waals surface area contributed by atoms with Gasteiger partial charge in [-0.05, 0) is 26.3 Å². The van der Waals surface area contributed by atoms with Crippen LogP contribution in [0.3, 0.4) is 0 Å². The van der Waals surface area contributed by atoms with Crippen molar-refractivity contribution in [3.8, 4) is 0 Å². The van der Waals surface area contributed by atoms with Crippen molar-refractivity contribution in [2.24, 2.45) is 0 Å². The van der Waals surface area contributed by atoms with Crippen LogP contribution in [0.5, 0.6) is 0 Å². The van der Waals surface area contributed by atoms with Crippen molar-refractivity contribution in [2.75, 3.05) is 18.1 Å². The minimum Gasteiger partial charge on any atom is -0.478 e. The molecule has 0 amide bonds. The maximum atomic E-state index is 11.4. The fraction of sp³-hybridized carbons (Fsp3) is 0.571. The minimum absolute atomic E-state index is 0.109. The summed E-state index contributed by atoms with van der Waals surface area (Å²) >= 11 is 0. The van der Waals surface area contributed by atoms with Gasteiger partial charge in [0.15, 0.2) is 0 Å². The van der Waals surface area contributed by atoms with Crippen molar-refractivity contribution in [2.45, 2.75) is 39.3 Å². The van der Waals surface area contributed by atoms with E-state index in [0.717, 1.165) is 17.8 Å². The second-order valence-corrected chi connectivity index (χ2v) is 5.01. The molecule has 0 saturated carbocycles. The second kappa shape index (κ2) is 5.57. The number of carbonyl (C=O) groups is 1. The monoisotopic (exact) mass is 264 g/mol. The first-order valence-electron chi connectivity index (χ1n) is 6.61. The number of carboxylic acids is 1. The first-order chi connectivity index (χ1) is 9.02. The van der Waals surface area contributed by atoms with Crippen LogP contribution in [0.25, 0.3) is 0 Å². The Morgan fingerprint density at radius 3 is 3.00 bits per heavy atom. The minimum atomic E-state index is -0.934. The molecule has 2 unspecified atom stereocenters. The van der Waals surface area contributed by atoms with E-state index in [4.69, 9.17) is 4.74 Å². The molecule has 1 aromatic heterocycles. The number of aryl methyl sites for hydroxylation is 1. The number of pyridine rings is 1. The first-order valence-corrected chi connectivity index (χ1v) is 6.61. The van der Waals surface area contributed by atoms with Gasteiger partial charge in [-0.2, -0.15) is 0 Å². The fourth-order valence-electron chi connectivity index (χ4n) is 2.43. The summed E-state index contributed by atoms with van der Waals surface area (Å²) in [6.07, 6.45) is 2.48. The standard InChI is InChI=1S/C14H20N2O3/c1-4-11-8-19-10(3)7-16(11)13-5-9(2)15-6-12(13)14(17)18/h5-6,10-11H,4,7-8H2,1-3H3,(H,17,18). The van der Waals surface area contributed by atoms with Crippen LogP contribution in [-0.2, 0) is 4.74 Å². The van der Waals surface area contributed by atoms with Gasteiger partial charge in [-0.3, -0.25) is 4.98 Å². The normalized spacial score (nSPS) is 23.4. The van der Waals surface area contributed by atoms with E-state index in [1.54, 1.807) is 0 Å². The van der Waals surface area contributed by atoms with Gasteiger partial charge in [0.05, 0.1) is 24.4 Å². The van der Waals surface area contributed by atoms with Crippen molar-refractivity contribution in [1.82, 2.24) is 4.98 Å². The smallest absolute Gasteiger partial charge is 0.339 e. The first kappa shape index (κ1) is 13.8. The lowest BCUT2D eigenvalue weighted by atomic mass is 10.1. The van der Waals surface area contributed by atoms with Crippen LogP contribution in [0.2, 0.25) is 0 Å². The number of aromatic nitrogens is 1. The maximum absolute atomic E-state index is 11.4. The molecule has 1 aliphatic heterocycles. The molecule has 0 aromatic carbocycles. The van der Waals surface area contributed by atoms with E-state index < -0.39 is 5.97 Å². The highest BCUT2D eigenvalue weighted by Crippen LogP contribution is 2.27. The highest BCUT2D eigenvalue weighted by atomic mass is 16.5. The van der Waals surface area contributed by atoms with Gasteiger partial charge in [0.25, 0.3) is 0 Å². The summed E-state index contributed by atoms with van der Waals surface area (Å²) in [7, 11) is 0. The lowest BCUT2D eigenvalue weighted by molar-refractivity contribution is 0.0297. The molecule has 0 radical (unpaired) electrons. The van der Waals surface area contributed by atoms with Crippen LogP contribution < -0.4 is 4.90 Å². The Balaban J connectivity index is 2.42. The third-order valence-electron chi connectivity index (χ3n) is 3.50. The van der Waals surface area contributed by atoms with Crippen LogP contribution >= 0.6 is 0 Å². The molecule has 1 saturated heterocycles. The molecule has 0 spiro atoms. The molecule has 1 aromatic rings. The Kier molecular flexibility index (Phi) is 4.04. The molecule has 5 heteroatoms.